The summed E-state index contributed by atoms with van der Waals surface area (Å²) in [5, 5.41) is 3.26. The van der Waals surface area contributed by atoms with Crippen LogP contribution in [-0.4, -0.2) is 37.3 Å². The summed E-state index contributed by atoms with van der Waals surface area (Å²) in [5.41, 5.74) is 2.05. The van der Waals surface area contributed by atoms with Crippen LogP contribution in [0.15, 0.2) is 6.07 Å². The van der Waals surface area contributed by atoms with Crippen LogP contribution in [0, 0.1) is 5.95 Å². The molecular weight excluding hydrogens is 233 g/mol. The van der Waals surface area contributed by atoms with Gasteiger partial charge < -0.3 is 15.0 Å². The smallest absolute Gasteiger partial charge is 0.216 e. The Balaban J connectivity index is 2.01. The Morgan fingerprint density at radius 2 is 2.44 bits per heavy atom. The van der Waals surface area contributed by atoms with Crippen LogP contribution in [0.3, 0.4) is 0 Å². The zero-order chi connectivity index (χ0) is 12.5. The molecule has 1 aromatic rings. The summed E-state index contributed by atoms with van der Waals surface area (Å²) in [6.45, 7) is 5.15. The number of ether oxygens (including phenoxy) is 1. The lowest BCUT2D eigenvalue weighted by molar-refractivity contribution is 0.0983. The number of morpholine rings is 1. The Morgan fingerprint density at radius 3 is 3.28 bits per heavy atom. The van der Waals surface area contributed by atoms with Gasteiger partial charge in [-0.25, -0.2) is 4.98 Å². The topological polar surface area (TPSA) is 37.4 Å². The van der Waals surface area contributed by atoms with Crippen LogP contribution < -0.4 is 10.2 Å². The maximum absolute atomic E-state index is 13.6. The van der Waals surface area contributed by atoms with Gasteiger partial charge in [0, 0.05) is 30.4 Å². The number of hydrogen-bond acceptors (Lipinski definition) is 4. The van der Waals surface area contributed by atoms with Crippen LogP contribution in [0.5, 0.6) is 0 Å². The number of nitrogens with one attached hydrogen (secondary N) is 1. The second-order valence-electron chi connectivity index (χ2n) is 4.94. The molecule has 4 nitrogen and oxygen atoms in total. The lowest BCUT2D eigenvalue weighted by Gasteiger charge is -2.36. The van der Waals surface area contributed by atoms with Crippen molar-refractivity contribution in [1.29, 1.82) is 0 Å². The molecule has 1 unspecified atom stereocenters. The van der Waals surface area contributed by atoms with Crippen molar-refractivity contribution < 1.29 is 9.13 Å². The first kappa shape index (κ1) is 11.7. The Hall–Kier alpha value is -1.36. The van der Waals surface area contributed by atoms with E-state index in [4.69, 9.17) is 4.74 Å². The lowest BCUT2D eigenvalue weighted by atomic mass is 10.0. The van der Waals surface area contributed by atoms with Gasteiger partial charge in [0.15, 0.2) is 0 Å². The number of pyridine rings is 1. The van der Waals surface area contributed by atoms with Gasteiger partial charge >= 0.3 is 0 Å². The molecule has 3 heterocycles. The van der Waals surface area contributed by atoms with E-state index in [0.29, 0.717) is 13.2 Å². The van der Waals surface area contributed by atoms with Crippen LogP contribution in [0.1, 0.15) is 18.9 Å². The Labute approximate surface area is 106 Å². The van der Waals surface area contributed by atoms with Crippen molar-refractivity contribution in [3.05, 3.63) is 17.6 Å². The van der Waals surface area contributed by atoms with Crippen molar-refractivity contribution in [2.24, 2.45) is 0 Å². The molecule has 1 atom stereocenters. The quantitative estimate of drug-likeness (QED) is 0.772. The fourth-order valence-electron chi connectivity index (χ4n) is 2.70. The molecule has 98 valence electrons. The highest BCUT2D eigenvalue weighted by molar-refractivity contribution is 5.64. The maximum Gasteiger partial charge on any atom is 0.216 e. The Bertz CT molecular complexity index is 452. The third-order valence-electron chi connectivity index (χ3n) is 3.63. The minimum atomic E-state index is -0.406. The van der Waals surface area contributed by atoms with Crippen molar-refractivity contribution in [2.45, 2.75) is 25.8 Å². The molecule has 5 heteroatoms. The van der Waals surface area contributed by atoms with Crippen molar-refractivity contribution >= 4 is 11.5 Å². The van der Waals surface area contributed by atoms with E-state index in [1.807, 2.05) is 0 Å². The molecule has 2 aliphatic rings. The summed E-state index contributed by atoms with van der Waals surface area (Å²) >= 11 is 0. The number of nitrogens with zero attached hydrogens (tertiary/aromatic N) is 2. The van der Waals surface area contributed by atoms with E-state index < -0.39 is 5.95 Å². The fourth-order valence-corrected chi connectivity index (χ4v) is 2.70. The molecule has 0 amide bonds. The number of fused-ring (bicyclic) bond motifs is 1. The number of aromatic nitrogens is 1. The maximum atomic E-state index is 13.6. The summed E-state index contributed by atoms with van der Waals surface area (Å²) < 4.78 is 19.1. The molecule has 0 spiro atoms. The monoisotopic (exact) mass is 251 g/mol. The summed E-state index contributed by atoms with van der Waals surface area (Å²) in [7, 11) is 0. The van der Waals surface area contributed by atoms with Gasteiger partial charge in [0.2, 0.25) is 5.95 Å². The Morgan fingerprint density at radius 1 is 1.56 bits per heavy atom. The third kappa shape index (κ3) is 2.03. The van der Waals surface area contributed by atoms with E-state index in [0.717, 1.165) is 43.0 Å². The molecule has 3 rings (SSSR count). The Kier molecular flexibility index (Phi) is 3.07. The molecule has 2 aliphatic heterocycles. The fraction of sp³-hybridized carbons (Fsp3) is 0.615. The predicted molar refractivity (Wildman–Crippen MR) is 68.6 cm³/mol. The molecule has 0 aliphatic carbocycles. The zero-order valence-corrected chi connectivity index (χ0v) is 10.6. The standard InChI is InChI=1S/C13H18FN3O/c1-9-8-18-6-5-17(9)13-10-3-2-4-15-11(10)7-12(14)16-13/h7,9,15H,2-6,8H2,1H3. The van der Waals surface area contributed by atoms with Gasteiger partial charge in [0.05, 0.1) is 19.3 Å². The number of rotatable bonds is 1. The van der Waals surface area contributed by atoms with Crippen molar-refractivity contribution in [3.8, 4) is 0 Å². The van der Waals surface area contributed by atoms with Gasteiger partial charge in [-0.2, -0.15) is 4.39 Å². The summed E-state index contributed by atoms with van der Waals surface area (Å²) in [5.74, 6) is 0.393. The average Bonchev–Trinajstić information content (AvgIpc) is 2.38. The predicted octanol–water partition coefficient (Wildman–Crippen LogP) is 1.80. The summed E-state index contributed by atoms with van der Waals surface area (Å²) in [6, 6.07) is 1.75. The first-order chi connectivity index (χ1) is 8.75. The molecule has 0 bridgehead atoms. The first-order valence-electron chi connectivity index (χ1n) is 6.53. The van der Waals surface area contributed by atoms with Crippen molar-refractivity contribution in [3.63, 3.8) is 0 Å². The minimum Gasteiger partial charge on any atom is -0.385 e. The highest BCUT2D eigenvalue weighted by Gasteiger charge is 2.25. The molecule has 1 N–H and O–H groups in total. The number of hydrogen-bond donors (Lipinski definition) is 1. The third-order valence-corrected chi connectivity index (χ3v) is 3.63. The van der Waals surface area contributed by atoms with Gasteiger partial charge in [-0.3, -0.25) is 0 Å². The molecule has 1 fully saturated rings. The lowest BCUT2D eigenvalue weighted by Crippen LogP contribution is -2.45. The van der Waals surface area contributed by atoms with Gasteiger partial charge in [0.25, 0.3) is 0 Å². The van der Waals surface area contributed by atoms with Crippen LogP contribution in [0.4, 0.5) is 15.9 Å². The van der Waals surface area contributed by atoms with Crippen LogP contribution >= 0.6 is 0 Å². The normalized spacial score (nSPS) is 23.4. The van der Waals surface area contributed by atoms with E-state index >= 15 is 0 Å². The molecule has 1 saturated heterocycles. The summed E-state index contributed by atoms with van der Waals surface area (Å²) in [6.07, 6.45) is 2.04. The SMILES string of the molecule is CC1COCCN1c1nc(F)cc2c1CCCN2. The van der Waals surface area contributed by atoms with Crippen LogP contribution in [-0.2, 0) is 11.2 Å². The molecule has 18 heavy (non-hydrogen) atoms. The average molecular weight is 251 g/mol. The van der Waals surface area contributed by atoms with Gasteiger partial charge in [-0.05, 0) is 19.8 Å². The zero-order valence-electron chi connectivity index (χ0n) is 10.6. The van der Waals surface area contributed by atoms with Crippen molar-refractivity contribution in [1.82, 2.24) is 4.98 Å². The highest BCUT2D eigenvalue weighted by Crippen LogP contribution is 2.32. The second-order valence-corrected chi connectivity index (χ2v) is 4.94. The van der Waals surface area contributed by atoms with E-state index in [9.17, 15) is 4.39 Å². The second kappa shape index (κ2) is 4.72. The molecule has 0 saturated carbocycles. The molecular formula is C13H18FN3O. The van der Waals surface area contributed by atoms with E-state index in [-0.39, 0.29) is 6.04 Å². The number of halogens is 1. The van der Waals surface area contributed by atoms with E-state index in [1.165, 1.54) is 6.07 Å². The molecule has 0 aromatic carbocycles. The van der Waals surface area contributed by atoms with Gasteiger partial charge in [-0.1, -0.05) is 0 Å². The van der Waals surface area contributed by atoms with Gasteiger partial charge in [0.1, 0.15) is 5.82 Å². The van der Waals surface area contributed by atoms with E-state index in [2.05, 4.69) is 22.1 Å². The minimum absolute atomic E-state index is 0.249. The number of anilines is 2. The molecule has 0 radical (unpaired) electrons. The molecule has 1 aromatic heterocycles. The summed E-state index contributed by atoms with van der Waals surface area (Å²) in [4.78, 5) is 6.29. The van der Waals surface area contributed by atoms with Crippen molar-refractivity contribution in [2.75, 3.05) is 36.5 Å². The van der Waals surface area contributed by atoms with E-state index in [1.54, 1.807) is 0 Å². The van der Waals surface area contributed by atoms with Gasteiger partial charge in [-0.15, -0.1) is 0 Å². The highest BCUT2D eigenvalue weighted by atomic mass is 19.1. The van der Waals surface area contributed by atoms with Crippen LogP contribution in [0.25, 0.3) is 0 Å². The van der Waals surface area contributed by atoms with Crippen LogP contribution in [0.2, 0.25) is 0 Å². The largest absolute Gasteiger partial charge is 0.385 e. The first-order valence-corrected chi connectivity index (χ1v) is 6.53.